The van der Waals surface area contributed by atoms with E-state index in [1.54, 1.807) is 13.0 Å². The van der Waals surface area contributed by atoms with Crippen molar-refractivity contribution in [3.8, 4) is 0 Å². The van der Waals surface area contributed by atoms with Crippen LogP contribution < -0.4 is 0 Å². The van der Waals surface area contributed by atoms with Crippen LogP contribution in [0.2, 0.25) is 0 Å². The van der Waals surface area contributed by atoms with Crippen LogP contribution in [0, 0.1) is 0 Å². The molecule has 2 N–H and O–H groups in total. The first-order chi connectivity index (χ1) is 6.06. The van der Waals surface area contributed by atoms with Crippen molar-refractivity contribution in [1.82, 2.24) is 0 Å². The van der Waals surface area contributed by atoms with E-state index in [-0.39, 0.29) is 7.43 Å². The number of aliphatic hydroxyl groups is 2. The van der Waals surface area contributed by atoms with Gasteiger partial charge in [-0.1, -0.05) is 39.7 Å². The molecule has 2 nitrogen and oxygen atoms in total. The highest BCUT2D eigenvalue weighted by atomic mass is 16.3. The van der Waals surface area contributed by atoms with Crippen molar-refractivity contribution in [3.05, 3.63) is 12.7 Å². The van der Waals surface area contributed by atoms with Gasteiger partial charge in [0.25, 0.3) is 0 Å². The first-order valence-electron chi connectivity index (χ1n) is 5.08. The summed E-state index contributed by atoms with van der Waals surface area (Å²) < 4.78 is 0. The average Bonchev–Trinajstić information content (AvgIpc) is 2.05. The number of hydrogen-bond donors (Lipinski definition) is 2. The Balaban J connectivity index is 0. The summed E-state index contributed by atoms with van der Waals surface area (Å²) in [7, 11) is 0. The Morgan fingerprint density at radius 2 is 2.00 bits per heavy atom. The van der Waals surface area contributed by atoms with Gasteiger partial charge in [0, 0.05) is 0 Å². The fourth-order valence-corrected chi connectivity index (χ4v) is 1.41. The van der Waals surface area contributed by atoms with Crippen molar-refractivity contribution >= 4 is 0 Å². The van der Waals surface area contributed by atoms with Crippen LogP contribution in [0.4, 0.5) is 0 Å². The topological polar surface area (TPSA) is 40.5 Å². The third-order valence-electron chi connectivity index (χ3n) is 2.49. The van der Waals surface area contributed by atoms with Crippen molar-refractivity contribution in [2.24, 2.45) is 0 Å². The Morgan fingerprint density at radius 1 is 1.43 bits per heavy atom. The second-order valence-corrected chi connectivity index (χ2v) is 3.73. The molecule has 0 heterocycles. The zero-order chi connectivity index (χ0) is 10.3. The second-order valence-electron chi connectivity index (χ2n) is 3.73. The van der Waals surface area contributed by atoms with Gasteiger partial charge in [-0.05, 0) is 19.8 Å². The van der Waals surface area contributed by atoms with Crippen LogP contribution in [0.3, 0.4) is 0 Å². The van der Waals surface area contributed by atoms with E-state index >= 15 is 0 Å². The molecule has 0 rings (SSSR count). The molecule has 86 valence electrons. The molecule has 0 bridgehead atoms. The Labute approximate surface area is 88.7 Å². The molecule has 0 spiro atoms. The molecule has 0 aliphatic rings. The first-order valence-corrected chi connectivity index (χ1v) is 5.08. The molecule has 0 fully saturated rings. The van der Waals surface area contributed by atoms with E-state index in [0.29, 0.717) is 12.8 Å². The fraction of sp³-hybridized carbons (Fsp3) is 0.833. The maximum Gasteiger partial charge on any atom is 0.0936 e. The zero-order valence-corrected chi connectivity index (χ0v) is 8.79. The summed E-state index contributed by atoms with van der Waals surface area (Å²) in [6, 6.07) is 0. The molecule has 0 amide bonds. The van der Waals surface area contributed by atoms with Crippen molar-refractivity contribution in [3.63, 3.8) is 0 Å². The molecule has 2 atom stereocenters. The van der Waals surface area contributed by atoms with Gasteiger partial charge >= 0.3 is 0 Å². The SMILES string of the molecule is C.C=CCC(O)(CCCCC)C(C)O. The highest BCUT2D eigenvalue weighted by molar-refractivity contribution is 4.90. The third kappa shape index (κ3) is 5.40. The molecular formula is C12H26O2. The lowest BCUT2D eigenvalue weighted by Gasteiger charge is -2.30. The monoisotopic (exact) mass is 202 g/mol. The molecule has 2 unspecified atom stereocenters. The quantitative estimate of drug-likeness (QED) is 0.492. The predicted molar refractivity (Wildman–Crippen MR) is 62.3 cm³/mol. The lowest BCUT2D eigenvalue weighted by Crippen LogP contribution is -2.39. The van der Waals surface area contributed by atoms with Crippen molar-refractivity contribution < 1.29 is 10.2 Å². The molecule has 0 aliphatic carbocycles. The molecule has 0 aromatic carbocycles. The minimum absolute atomic E-state index is 0. The molecule has 0 radical (unpaired) electrons. The van der Waals surface area contributed by atoms with Gasteiger partial charge in [-0.3, -0.25) is 0 Å². The maximum atomic E-state index is 9.99. The summed E-state index contributed by atoms with van der Waals surface area (Å²) in [6.07, 6.45) is 5.31. The van der Waals surface area contributed by atoms with E-state index in [1.807, 2.05) is 0 Å². The summed E-state index contributed by atoms with van der Waals surface area (Å²) in [5.74, 6) is 0. The van der Waals surface area contributed by atoms with E-state index in [4.69, 9.17) is 0 Å². The van der Waals surface area contributed by atoms with Crippen LogP contribution in [0.25, 0.3) is 0 Å². The van der Waals surface area contributed by atoms with Gasteiger partial charge in [0.2, 0.25) is 0 Å². The Morgan fingerprint density at radius 3 is 2.36 bits per heavy atom. The fourth-order valence-electron chi connectivity index (χ4n) is 1.41. The molecule has 0 aromatic heterocycles. The summed E-state index contributed by atoms with van der Waals surface area (Å²) in [4.78, 5) is 0. The Kier molecular flexibility index (Phi) is 9.21. The summed E-state index contributed by atoms with van der Waals surface area (Å²) in [6.45, 7) is 7.34. The maximum absolute atomic E-state index is 9.99. The van der Waals surface area contributed by atoms with Crippen LogP contribution in [0.15, 0.2) is 12.7 Å². The highest BCUT2D eigenvalue weighted by Crippen LogP contribution is 2.23. The molecule has 14 heavy (non-hydrogen) atoms. The van der Waals surface area contributed by atoms with E-state index in [9.17, 15) is 10.2 Å². The molecule has 0 aromatic rings. The van der Waals surface area contributed by atoms with E-state index in [0.717, 1.165) is 19.3 Å². The average molecular weight is 202 g/mol. The normalized spacial score (nSPS) is 16.6. The van der Waals surface area contributed by atoms with Crippen LogP contribution in [0.1, 0.15) is 53.4 Å². The van der Waals surface area contributed by atoms with Crippen LogP contribution in [-0.4, -0.2) is 21.9 Å². The van der Waals surface area contributed by atoms with Crippen molar-refractivity contribution in [1.29, 1.82) is 0 Å². The Hall–Kier alpha value is -0.340. The van der Waals surface area contributed by atoms with Gasteiger partial charge < -0.3 is 10.2 Å². The minimum atomic E-state index is -0.961. The predicted octanol–water partition coefficient (Wildman–Crippen LogP) is 2.89. The summed E-state index contributed by atoms with van der Waals surface area (Å²) in [5, 5.41) is 19.4. The van der Waals surface area contributed by atoms with E-state index < -0.39 is 11.7 Å². The van der Waals surface area contributed by atoms with Gasteiger partial charge in [0.05, 0.1) is 11.7 Å². The molecular weight excluding hydrogens is 176 g/mol. The summed E-state index contributed by atoms with van der Waals surface area (Å²) >= 11 is 0. The Bertz CT molecular complexity index is 143. The number of hydrogen-bond acceptors (Lipinski definition) is 2. The van der Waals surface area contributed by atoms with E-state index in [1.165, 1.54) is 0 Å². The largest absolute Gasteiger partial charge is 0.390 e. The lowest BCUT2D eigenvalue weighted by atomic mass is 9.88. The smallest absolute Gasteiger partial charge is 0.0936 e. The standard InChI is InChI=1S/C11H22O2.CH4/c1-4-6-7-9-11(13,8-5-2)10(3)12;/h5,10,12-13H,2,4,6-9H2,1,3H3;1H4. The van der Waals surface area contributed by atoms with Crippen LogP contribution in [0.5, 0.6) is 0 Å². The van der Waals surface area contributed by atoms with Gasteiger partial charge in [0.1, 0.15) is 0 Å². The zero-order valence-electron chi connectivity index (χ0n) is 8.79. The number of rotatable bonds is 7. The van der Waals surface area contributed by atoms with Crippen molar-refractivity contribution in [2.45, 2.75) is 65.1 Å². The van der Waals surface area contributed by atoms with Crippen LogP contribution >= 0.6 is 0 Å². The molecule has 0 saturated carbocycles. The molecule has 0 aliphatic heterocycles. The molecule has 2 heteroatoms. The van der Waals surface area contributed by atoms with Crippen molar-refractivity contribution in [2.75, 3.05) is 0 Å². The minimum Gasteiger partial charge on any atom is -0.390 e. The van der Waals surface area contributed by atoms with Gasteiger partial charge in [-0.25, -0.2) is 0 Å². The van der Waals surface area contributed by atoms with Crippen LogP contribution in [-0.2, 0) is 0 Å². The van der Waals surface area contributed by atoms with Gasteiger partial charge in [-0.15, -0.1) is 6.58 Å². The first kappa shape index (κ1) is 16.1. The number of unbranched alkanes of at least 4 members (excludes halogenated alkanes) is 2. The molecule has 0 saturated heterocycles. The third-order valence-corrected chi connectivity index (χ3v) is 2.49. The van der Waals surface area contributed by atoms with Gasteiger partial charge in [-0.2, -0.15) is 0 Å². The number of aliphatic hydroxyl groups excluding tert-OH is 1. The highest BCUT2D eigenvalue weighted by Gasteiger charge is 2.30. The summed E-state index contributed by atoms with van der Waals surface area (Å²) in [5.41, 5.74) is -0.961. The van der Waals surface area contributed by atoms with Gasteiger partial charge in [0.15, 0.2) is 0 Å². The van der Waals surface area contributed by atoms with E-state index in [2.05, 4.69) is 13.5 Å². The second kappa shape index (κ2) is 8.01. The lowest BCUT2D eigenvalue weighted by molar-refractivity contribution is -0.0705.